The van der Waals surface area contributed by atoms with Crippen molar-refractivity contribution in [2.45, 2.75) is 19.1 Å². The molecule has 1 saturated heterocycles. The molecule has 1 fully saturated rings. The zero-order valence-electron chi connectivity index (χ0n) is 13.6. The molecule has 22 heavy (non-hydrogen) atoms. The van der Waals surface area contributed by atoms with Crippen molar-refractivity contribution in [1.82, 2.24) is 20.2 Å². The molecule has 0 radical (unpaired) electrons. The van der Waals surface area contributed by atoms with E-state index in [1.807, 2.05) is 7.05 Å². The van der Waals surface area contributed by atoms with E-state index in [1.54, 1.807) is 18.6 Å². The molecule has 2 N–H and O–H groups in total. The van der Waals surface area contributed by atoms with Gasteiger partial charge in [0.1, 0.15) is 5.82 Å². The van der Waals surface area contributed by atoms with Crippen LogP contribution in [0.25, 0.3) is 0 Å². The molecule has 122 valence electrons. The summed E-state index contributed by atoms with van der Waals surface area (Å²) in [7, 11) is 1.85. The number of aromatic nitrogens is 2. The van der Waals surface area contributed by atoms with Crippen LogP contribution in [0.4, 0.5) is 5.82 Å². The number of nitrogens with zero attached hydrogens (tertiary/aromatic N) is 4. The number of thioether (sulfide) groups is 1. The minimum atomic E-state index is 0.685. The van der Waals surface area contributed by atoms with Gasteiger partial charge in [-0.05, 0) is 5.92 Å². The lowest BCUT2D eigenvalue weighted by molar-refractivity contribution is 0.381. The first-order chi connectivity index (χ1) is 10.7. The highest BCUT2D eigenvalue weighted by molar-refractivity contribution is 8.00. The van der Waals surface area contributed by atoms with E-state index in [2.05, 4.69) is 56.1 Å². The van der Waals surface area contributed by atoms with Gasteiger partial charge in [0.25, 0.3) is 0 Å². The van der Waals surface area contributed by atoms with E-state index < -0.39 is 0 Å². The van der Waals surface area contributed by atoms with Gasteiger partial charge in [-0.3, -0.25) is 9.98 Å². The Balaban J connectivity index is 1.75. The van der Waals surface area contributed by atoms with Crippen LogP contribution in [-0.2, 0) is 0 Å². The smallest absolute Gasteiger partial charge is 0.193 e. The summed E-state index contributed by atoms with van der Waals surface area (Å²) < 4.78 is 0. The van der Waals surface area contributed by atoms with Crippen LogP contribution in [0.15, 0.2) is 23.6 Å². The summed E-state index contributed by atoms with van der Waals surface area (Å²) in [4.78, 5) is 15.0. The highest BCUT2D eigenvalue weighted by atomic mass is 32.2. The predicted molar refractivity (Wildman–Crippen MR) is 94.5 cm³/mol. The lowest BCUT2D eigenvalue weighted by atomic mass is 10.1. The van der Waals surface area contributed by atoms with Gasteiger partial charge in [-0.1, -0.05) is 13.8 Å². The second-order valence-corrected chi connectivity index (χ2v) is 6.94. The van der Waals surface area contributed by atoms with Crippen molar-refractivity contribution in [3.8, 4) is 0 Å². The van der Waals surface area contributed by atoms with Crippen molar-refractivity contribution in [2.24, 2.45) is 10.9 Å². The summed E-state index contributed by atoms with van der Waals surface area (Å²) in [6.45, 7) is 8.31. The summed E-state index contributed by atoms with van der Waals surface area (Å²) in [5.41, 5.74) is 0. The fourth-order valence-electron chi connectivity index (χ4n) is 2.36. The van der Waals surface area contributed by atoms with Crippen molar-refractivity contribution in [3.63, 3.8) is 0 Å². The van der Waals surface area contributed by atoms with E-state index in [4.69, 9.17) is 0 Å². The Kier molecular flexibility index (Phi) is 6.76. The lowest BCUT2D eigenvalue weighted by Crippen LogP contribution is -2.49. The number of hydrogen-bond acceptors (Lipinski definition) is 5. The Morgan fingerprint density at radius 3 is 3.00 bits per heavy atom. The van der Waals surface area contributed by atoms with E-state index in [0.717, 1.165) is 38.0 Å². The number of hydrogen-bond donors (Lipinski definition) is 2. The third-order valence-electron chi connectivity index (χ3n) is 3.63. The molecule has 1 atom stereocenters. The molecule has 1 aromatic heterocycles. The fourth-order valence-corrected chi connectivity index (χ4v) is 3.66. The normalized spacial score (nSPS) is 19.4. The van der Waals surface area contributed by atoms with Gasteiger partial charge in [0.2, 0.25) is 0 Å². The van der Waals surface area contributed by atoms with Crippen LogP contribution in [0.2, 0.25) is 0 Å². The van der Waals surface area contributed by atoms with Crippen LogP contribution < -0.4 is 10.6 Å². The Morgan fingerprint density at radius 2 is 2.32 bits per heavy atom. The summed E-state index contributed by atoms with van der Waals surface area (Å²) in [5, 5.41) is 7.35. The maximum Gasteiger partial charge on any atom is 0.193 e. The molecule has 1 aromatic rings. The molecule has 1 unspecified atom stereocenters. The molecule has 1 aliphatic rings. The highest BCUT2D eigenvalue weighted by Gasteiger charge is 2.24. The van der Waals surface area contributed by atoms with Gasteiger partial charge in [-0.2, -0.15) is 11.8 Å². The van der Waals surface area contributed by atoms with Crippen LogP contribution in [0.5, 0.6) is 0 Å². The number of anilines is 1. The molecule has 0 saturated carbocycles. The first kappa shape index (κ1) is 16.9. The minimum absolute atomic E-state index is 0.685. The van der Waals surface area contributed by atoms with Crippen LogP contribution >= 0.6 is 11.8 Å². The first-order valence-electron chi connectivity index (χ1n) is 7.77. The average Bonchev–Trinajstić information content (AvgIpc) is 2.56. The Labute approximate surface area is 137 Å². The van der Waals surface area contributed by atoms with Crippen molar-refractivity contribution in [3.05, 3.63) is 18.6 Å². The molecular formula is C15H26N6S. The van der Waals surface area contributed by atoms with E-state index in [0.29, 0.717) is 11.2 Å². The van der Waals surface area contributed by atoms with E-state index in [1.165, 1.54) is 5.75 Å². The van der Waals surface area contributed by atoms with Gasteiger partial charge < -0.3 is 15.5 Å². The van der Waals surface area contributed by atoms with Gasteiger partial charge >= 0.3 is 0 Å². The van der Waals surface area contributed by atoms with E-state index >= 15 is 0 Å². The second kappa shape index (κ2) is 8.82. The summed E-state index contributed by atoms with van der Waals surface area (Å²) in [5.74, 6) is 3.66. The van der Waals surface area contributed by atoms with Crippen LogP contribution in [-0.4, -0.2) is 65.1 Å². The molecule has 0 spiro atoms. The number of guanidine groups is 1. The number of aliphatic imine (C=N–C) groups is 1. The average molecular weight is 322 g/mol. The third kappa shape index (κ3) is 5.05. The molecule has 6 nitrogen and oxygen atoms in total. The molecule has 1 aliphatic heterocycles. The quantitative estimate of drug-likeness (QED) is 0.487. The molecule has 0 amide bonds. The van der Waals surface area contributed by atoms with Gasteiger partial charge in [0, 0.05) is 56.6 Å². The van der Waals surface area contributed by atoms with Crippen molar-refractivity contribution >= 4 is 23.5 Å². The Bertz CT molecular complexity index is 464. The predicted octanol–water partition coefficient (Wildman–Crippen LogP) is 1.54. The zero-order chi connectivity index (χ0) is 15.8. The highest BCUT2D eigenvalue weighted by Crippen LogP contribution is 2.24. The monoisotopic (exact) mass is 322 g/mol. The summed E-state index contributed by atoms with van der Waals surface area (Å²) in [6, 6.07) is 0. The van der Waals surface area contributed by atoms with E-state index in [-0.39, 0.29) is 0 Å². The SMILES string of the molecule is CN=C(NCCNc1cnccn1)N1CCSC(C(C)C)C1. The van der Waals surface area contributed by atoms with Gasteiger partial charge in [-0.15, -0.1) is 0 Å². The fraction of sp³-hybridized carbons (Fsp3) is 0.667. The topological polar surface area (TPSA) is 65.4 Å². The van der Waals surface area contributed by atoms with Gasteiger partial charge in [-0.25, -0.2) is 4.98 Å². The maximum absolute atomic E-state index is 4.42. The number of nitrogens with one attached hydrogen (secondary N) is 2. The Morgan fingerprint density at radius 1 is 1.45 bits per heavy atom. The summed E-state index contributed by atoms with van der Waals surface area (Å²) >= 11 is 2.08. The van der Waals surface area contributed by atoms with E-state index in [9.17, 15) is 0 Å². The van der Waals surface area contributed by atoms with Crippen molar-refractivity contribution in [1.29, 1.82) is 0 Å². The van der Waals surface area contributed by atoms with Gasteiger partial charge in [0.05, 0.1) is 6.20 Å². The molecule has 0 aromatic carbocycles. The van der Waals surface area contributed by atoms with Gasteiger partial charge in [0.15, 0.2) is 5.96 Å². The molecule has 0 aliphatic carbocycles. The molecular weight excluding hydrogens is 296 g/mol. The van der Waals surface area contributed by atoms with Crippen molar-refractivity contribution < 1.29 is 0 Å². The molecule has 0 bridgehead atoms. The van der Waals surface area contributed by atoms with Crippen LogP contribution in [0, 0.1) is 5.92 Å². The van der Waals surface area contributed by atoms with Crippen LogP contribution in [0.3, 0.4) is 0 Å². The van der Waals surface area contributed by atoms with Crippen LogP contribution in [0.1, 0.15) is 13.8 Å². The third-order valence-corrected chi connectivity index (χ3v) is 5.17. The Hall–Kier alpha value is -1.50. The second-order valence-electron chi connectivity index (χ2n) is 5.59. The minimum Gasteiger partial charge on any atom is -0.367 e. The largest absolute Gasteiger partial charge is 0.367 e. The molecule has 2 heterocycles. The zero-order valence-corrected chi connectivity index (χ0v) is 14.4. The lowest BCUT2D eigenvalue weighted by Gasteiger charge is -2.36. The number of rotatable bonds is 5. The summed E-state index contributed by atoms with van der Waals surface area (Å²) in [6.07, 6.45) is 5.08. The van der Waals surface area contributed by atoms with Crippen molar-refractivity contribution in [2.75, 3.05) is 44.3 Å². The molecule has 2 rings (SSSR count). The first-order valence-corrected chi connectivity index (χ1v) is 8.82. The standard InChI is InChI=1S/C15H26N6S/c1-12(2)13-11-21(8-9-22-13)15(16-3)20-7-6-19-14-10-17-4-5-18-14/h4-5,10,12-13H,6-9,11H2,1-3H3,(H,16,20)(H,18,19). The maximum atomic E-state index is 4.42. The molecule has 7 heteroatoms.